The lowest BCUT2D eigenvalue weighted by atomic mass is 10.1. The Balaban J connectivity index is 1.51. The SMILES string of the molecule is CCc1ccc(Cn2nccc2NC(=O)c2csc(-c3cccc(OC)c3OC)n2)cc1. The normalized spacial score (nSPS) is 10.7. The molecule has 0 aliphatic carbocycles. The van der Waals surface area contributed by atoms with Crippen LogP contribution < -0.4 is 14.8 Å². The van der Waals surface area contributed by atoms with Crippen molar-refractivity contribution in [1.29, 1.82) is 0 Å². The van der Waals surface area contributed by atoms with Crippen LogP contribution in [0.3, 0.4) is 0 Å². The molecule has 7 nitrogen and oxygen atoms in total. The Morgan fingerprint density at radius 3 is 2.56 bits per heavy atom. The van der Waals surface area contributed by atoms with Crippen molar-refractivity contribution in [2.45, 2.75) is 19.9 Å². The molecule has 4 aromatic rings. The molecule has 0 spiro atoms. The monoisotopic (exact) mass is 448 g/mol. The number of aromatic nitrogens is 3. The number of carbonyl (C=O) groups excluding carboxylic acids is 1. The average molecular weight is 449 g/mol. The highest BCUT2D eigenvalue weighted by molar-refractivity contribution is 7.13. The molecule has 0 saturated carbocycles. The lowest BCUT2D eigenvalue weighted by Gasteiger charge is -2.10. The van der Waals surface area contributed by atoms with Crippen LogP contribution in [0.1, 0.15) is 28.5 Å². The maximum atomic E-state index is 12.9. The molecule has 0 bridgehead atoms. The number of nitrogens with zero attached hydrogens (tertiary/aromatic N) is 3. The van der Waals surface area contributed by atoms with E-state index in [1.807, 2.05) is 18.2 Å². The summed E-state index contributed by atoms with van der Waals surface area (Å²) in [6.45, 7) is 2.69. The molecule has 0 fully saturated rings. The third-order valence-electron chi connectivity index (χ3n) is 5.09. The Kier molecular flexibility index (Phi) is 6.51. The molecular weight excluding hydrogens is 424 g/mol. The van der Waals surface area contributed by atoms with Gasteiger partial charge in [-0.2, -0.15) is 5.10 Å². The molecule has 1 amide bonds. The van der Waals surface area contributed by atoms with Gasteiger partial charge in [-0.25, -0.2) is 9.67 Å². The van der Waals surface area contributed by atoms with Crippen LogP contribution in [0.25, 0.3) is 10.6 Å². The fourth-order valence-electron chi connectivity index (χ4n) is 3.36. The molecule has 2 aromatic heterocycles. The van der Waals surface area contributed by atoms with Gasteiger partial charge in [-0.15, -0.1) is 11.3 Å². The van der Waals surface area contributed by atoms with E-state index in [0.717, 1.165) is 17.5 Å². The summed E-state index contributed by atoms with van der Waals surface area (Å²) >= 11 is 1.37. The van der Waals surface area contributed by atoms with Crippen molar-refractivity contribution in [2.75, 3.05) is 19.5 Å². The Labute approximate surface area is 190 Å². The van der Waals surface area contributed by atoms with Gasteiger partial charge in [0.25, 0.3) is 5.91 Å². The summed E-state index contributed by atoms with van der Waals surface area (Å²) in [7, 11) is 3.17. The van der Waals surface area contributed by atoms with Crippen molar-refractivity contribution < 1.29 is 14.3 Å². The zero-order valence-corrected chi connectivity index (χ0v) is 19.0. The van der Waals surface area contributed by atoms with E-state index in [-0.39, 0.29) is 5.91 Å². The lowest BCUT2D eigenvalue weighted by molar-refractivity contribution is 0.102. The molecule has 2 heterocycles. The Bertz CT molecular complexity index is 1210. The number of thiazole rings is 1. The van der Waals surface area contributed by atoms with Crippen molar-refractivity contribution in [3.8, 4) is 22.1 Å². The molecular formula is C24H24N4O3S. The maximum absolute atomic E-state index is 12.9. The summed E-state index contributed by atoms with van der Waals surface area (Å²) < 4.78 is 12.6. The molecule has 8 heteroatoms. The zero-order chi connectivity index (χ0) is 22.5. The summed E-state index contributed by atoms with van der Waals surface area (Å²) in [6.07, 6.45) is 2.67. The molecule has 0 radical (unpaired) electrons. The van der Waals surface area contributed by atoms with Crippen molar-refractivity contribution in [2.24, 2.45) is 0 Å². The summed E-state index contributed by atoms with van der Waals surface area (Å²) in [6, 6.07) is 15.7. The first-order valence-electron chi connectivity index (χ1n) is 10.2. The third kappa shape index (κ3) is 4.50. The van der Waals surface area contributed by atoms with Crippen LogP contribution in [0.2, 0.25) is 0 Å². The molecule has 32 heavy (non-hydrogen) atoms. The fraction of sp³-hybridized carbons (Fsp3) is 0.208. The number of para-hydroxylation sites is 1. The fourth-order valence-corrected chi connectivity index (χ4v) is 4.18. The minimum absolute atomic E-state index is 0.294. The van der Waals surface area contributed by atoms with Gasteiger partial charge in [0, 0.05) is 11.4 Å². The zero-order valence-electron chi connectivity index (χ0n) is 18.2. The molecule has 164 valence electrons. The summed E-state index contributed by atoms with van der Waals surface area (Å²) in [5.74, 6) is 1.52. The van der Waals surface area contributed by atoms with E-state index in [1.54, 1.807) is 36.5 Å². The van der Waals surface area contributed by atoms with E-state index in [0.29, 0.717) is 34.6 Å². The number of benzene rings is 2. The minimum Gasteiger partial charge on any atom is -0.493 e. The Morgan fingerprint density at radius 1 is 1.06 bits per heavy atom. The van der Waals surface area contributed by atoms with Crippen LogP contribution in [-0.4, -0.2) is 34.9 Å². The quantitative estimate of drug-likeness (QED) is 0.415. The smallest absolute Gasteiger partial charge is 0.276 e. The topological polar surface area (TPSA) is 78.3 Å². The van der Waals surface area contributed by atoms with Crippen LogP contribution >= 0.6 is 11.3 Å². The molecule has 4 rings (SSSR count). The third-order valence-corrected chi connectivity index (χ3v) is 5.97. The summed E-state index contributed by atoms with van der Waals surface area (Å²) in [4.78, 5) is 17.4. The molecule has 0 aliphatic heterocycles. The minimum atomic E-state index is -0.294. The number of amides is 1. The van der Waals surface area contributed by atoms with E-state index in [4.69, 9.17) is 9.47 Å². The van der Waals surface area contributed by atoms with Crippen LogP contribution in [0.15, 0.2) is 60.1 Å². The van der Waals surface area contributed by atoms with Gasteiger partial charge in [0.2, 0.25) is 0 Å². The number of nitrogens with one attached hydrogen (secondary N) is 1. The highest BCUT2D eigenvalue weighted by Crippen LogP contribution is 2.39. The van der Waals surface area contributed by atoms with Crippen molar-refractivity contribution in [3.05, 3.63) is 76.9 Å². The maximum Gasteiger partial charge on any atom is 0.276 e. The summed E-state index contributed by atoms with van der Waals surface area (Å²) in [5.41, 5.74) is 3.50. The largest absolute Gasteiger partial charge is 0.493 e. The lowest BCUT2D eigenvalue weighted by Crippen LogP contribution is -2.16. The highest BCUT2D eigenvalue weighted by atomic mass is 32.1. The number of methoxy groups -OCH3 is 2. The van der Waals surface area contributed by atoms with Gasteiger partial charge in [-0.1, -0.05) is 37.3 Å². The van der Waals surface area contributed by atoms with E-state index < -0.39 is 0 Å². The first-order valence-corrected chi connectivity index (χ1v) is 11.1. The predicted molar refractivity (Wildman–Crippen MR) is 126 cm³/mol. The van der Waals surface area contributed by atoms with Gasteiger partial charge in [0.1, 0.15) is 16.5 Å². The van der Waals surface area contributed by atoms with E-state index in [2.05, 4.69) is 46.6 Å². The number of hydrogen-bond acceptors (Lipinski definition) is 6. The standard InChI is InChI=1S/C24H24N4O3S/c1-4-16-8-10-17(11-9-16)14-28-21(12-13-25-28)27-23(29)19-15-32-24(26-19)18-6-5-7-20(30-2)22(18)31-3/h5-13,15H,4,14H2,1-3H3,(H,27,29). The number of ether oxygens (including phenoxy) is 2. The molecule has 0 saturated heterocycles. The summed E-state index contributed by atoms with van der Waals surface area (Å²) in [5, 5.41) is 9.67. The van der Waals surface area contributed by atoms with E-state index in [9.17, 15) is 4.79 Å². The van der Waals surface area contributed by atoms with Gasteiger partial charge in [0.15, 0.2) is 11.5 Å². The number of carbonyl (C=O) groups is 1. The first-order chi connectivity index (χ1) is 15.6. The number of anilines is 1. The van der Waals surface area contributed by atoms with Crippen molar-refractivity contribution in [3.63, 3.8) is 0 Å². The number of aryl methyl sites for hydroxylation is 1. The second-order valence-corrected chi connectivity index (χ2v) is 7.94. The first kappa shape index (κ1) is 21.6. The van der Waals surface area contributed by atoms with Crippen molar-refractivity contribution in [1.82, 2.24) is 14.8 Å². The highest BCUT2D eigenvalue weighted by Gasteiger charge is 2.18. The second kappa shape index (κ2) is 9.65. The van der Waals surface area contributed by atoms with Gasteiger partial charge < -0.3 is 14.8 Å². The van der Waals surface area contributed by atoms with E-state index >= 15 is 0 Å². The number of rotatable bonds is 8. The average Bonchev–Trinajstić information content (AvgIpc) is 3.49. The van der Waals surface area contributed by atoms with Crippen LogP contribution in [0.4, 0.5) is 5.82 Å². The van der Waals surface area contributed by atoms with Gasteiger partial charge in [0.05, 0.1) is 32.5 Å². The molecule has 0 unspecified atom stereocenters. The van der Waals surface area contributed by atoms with Gasteiger partial charge >= 0.3 is 0 Å². The molecule has 2 aromatic carbocycles. The molecule has 1 N–H and O–H groups in total. The van der Waals surface area contributed by atoms with Crippen molar-refractivity contribution >= 4 is 23.1 Å². The Morgan fingerprint density at radius 2 is 1.84 bits per heavy atom. The molecule has 0 aliphatic rings. The van der Waals surface area contributed by atoms with Crippen LogP contribution in [0, 0.1) is 0 Å². The van der Waals surface area contributed by atoms with Gasteiger partial charge in [-0.3, -0.25) is 4.79 Å². The Hall–Kier alpha value is -3.65. The molecule has 0 atom stereocenters. The second-order valence-electron chi connectivity index (χ2n) is 7.08. The van der Waals surface area contributed by atoms with Gasteiger partial charge in [-0.05, 0) is 29.7 Å². The van der Waals surface area contributed by atoms with E-state index in [1.165, 1.54) is 16.9 Å². The van der Waals surface area contributed by atoms with Crippen LogP contribution in [-0.2, 0) is 13.0 Å². The van der Waals surface area contributed by atoms with Crippen LogP contribution in [0.5, 0.6) is 11.5 Å². The number of hydrogen-bond donors (Lipinski definition) is 1. The predicted octanol–water partition coefficient (Wildman–Crippen LogP) is 4.89.